The molecule has 0 aliphatic carbocycles. The zero-order chi connectivity index (χ0) is 24.8. The van der Waals surface area contributed by atoms with E-state index in [1.165, 1.54) is 38.9 Å². The summed E-state index contributed by atoms with van der Waals surface area (Å²) in [6.07, 6.45) is 4.30. The van der Waals surface area contributed by atoms with Crippen LogP contribution in [0.1, 0.15) is 26.2 Å². The van der Waals surface area contributed by atoms with E-state index >= 15 is 0 Å². The van der Waals surface area contributed by atoms with Crippen LogP contribution in [0, 0.1) is 0 Å². The van der Waals surface area contributed by atoms with Gasteiger partial charge in [0.2, 0.25) is 0 Å². The fourth-order valence-corrected chi connectivity index (χ4v) is 4.56. The number of hydrogen-bond acceptors (Lipinski definition) is 4. The number of rotatable bonds is 4. The number of benzene rings is 3. The summed E-state index contributed by atoms with van der Waals surface area (Å²) in [6, 6.07) is 20.8. The molecule has 0 spiro atoms. The van der Waals surface area contributed by atoms with Gasteiger partial charge >= 0.3 is 0 Å². The van der Waals surface area contributed by atoms with E-state index < -0.39 is 0 Å². The maximum Gasteiger partial charge on any atom is 0.261 e. The molecule has 0 radical (unpaired) electrons. The van der Waals surface area contributed by atoms with E-state index in [2.05, 4.69) is 11.8 Å². The van der Waals surface area contributed by atoms with Gasteiger partial charge in [-0.15, -0.1) is 0 Å². The predicted octanol–water partition coefficient (Wildman–Crippen LogP) is 6.42. The van der Waals surface area contributed by atoms with Gasteiger partial charge in [-0.25, -0.2) is 4.98 Å². The molecular formula is C29H32ClN3O2. The summed E-state index contributed by atoms with van der Waals surface area (Å²) in [6.45, 7) is 6.18. The minimum absolute atomic E-state index is 0.100. The average molecular weight is 490 g/mol. The number of methoxy groups -OCH3 is 1. The lowest BCUT2D eigenvalue weighted by Crippen LogP contribution is -2.29. The van der Waals surface area contributed by atoms with Crippen molar-refractivity contribution in [3.05, 3.63) is 82.1 Å². The van der Waals surface area contributed by atoms with E-state index in [-0.39, 0.29) is 5.56 Å². The molecule has 6 heteroatoms. The van der Waals surface area contributed by atoms with Crippen molar-refractivity contribution < 1.29 is 4.74 Å². The van der Waals surface area contributed by atoms with Gasteiger partial charge in [-0.3, -0.25) is 9.36 Å². The van der Waals surface area contributed by atoms with E-state index in [0.717, 1.165) is 16.7 Å². The first-order valence-corrected chi connectivity index (χ1v) is 12.5. The second-order valence-corrected chi connectivity index (χ2v) is 9.17. The summed E-state index contributed by atoms with van der Waals surface area (Å²) >= 11 is 5.97. The highest BCUT2D eigenvalue weighted by Crippen LogP contribution is 2.29. The Morgan fingerprint density at radius 1 is 0.943 bits per heavy atom. The van der Waals surface area contributed by atoms with E-state index in [1.54, 1.807) is 18.7 Å². The second kappa shape index (κ2) is 11.5. The third-order valence-corrected chi connectivity index (χ3v) is 6.75. The predicted molar refractivity (Wildman–Crippen MR) is 145 cm³/mol. The van der Waals surface area contributed by atoms with Crippen LogP contribution in [-0.2, 0) is 7.05 Å². The van der Waals surface area contributed by atoms with Crippen LogP contribution >= 0.6 is 11.6 Å². The Morgan fingerprint density at radius 2 is 1.63 bits per heavy atom. The Morgan fingerprint density at radius 3 is 2.29 bits per heavy atom. The Kier molecular flexibility index (Phi) is 8.21. The number of ether oxygens (including phenoxy) is 1. The number of para-hydroxylation sites is 1. The molecule has 1 aromatic heterocycles. The molecule has 0 unspecified atom stereocenters. The number of hydrogen-bond donors (Lipinski definition) is 0. The van der Waals surface area contributed by atoms with E-state index in [9.17, 15) is 4.79 Å². The highest BCUT2D eigenvalue weighted by atomic mass is 35.5. The molecule has 0 saturated carbocycles. The fraction of sp³-hybridized carbons (Fsp3) is 0.310. The van der Waals surface area contributed by atoms with Crippen molar-refractivity contribution in [1.29, 1.82) is 0 Å². The van der Waals surface area contributed by atoms with Crippen molar-refractivity contribution >= 4 is 22.5 Å². The Hall–Kier alpha value is -3.15. The molecule has 0 atom stereocenters. The van der Waals surface area contributed by atoms with Crippen LogP contribution in [0.4, 0.5) is 0 Å². The lowest BCUT2D eigenvalue weighted by Gasteiger charge is -2.24. The summed E-state index contributed by atoms with van der Waals surface area (Å²) in [7, 11) is 3.34. The number of aromatic nitrogens is 2. The van der Waals surface area contributed by atoms with Gasteiger partial charge in [0.15, 0.2) is 0 Å². The number of fused-ring (bicyclic) bond motifs is 1. The summed E-state index contributed by atoms with van der Waals surface area (Å²) in [5.41, 5.74) is 3.27. The average Bonchev–Trinajstić information content (AvgIpc) is 2.92. The zero-order valence-electron chi connectivity index (χ0n) is 20.6. The van der Waals surface area contributed by atoms with Gasteiger partial charge in [0, 0.05) is 12.1 Å². The first-order chi connectivity index (χ1) is 17.0. The van der Waals surface area contributed by atoms with Crippen molar-refractivity contribution in [3.8, 4) is 28.3 Å². The van der Waals surface area contributed by atoms with Gasteiger partial charge < -0.3 is 9.64 Å². The monoisotopic (exact) mass is 489 g/mol. The van der Waals surface area contributed by atoms with Gasteiger partial charge in [-0.05, 0) is 80.0 Å². The summed E-state index contributed by atoms with van der Waals surface area (Å²) in [5, 5.41) is 1.25. The van der Waals surface area contributed by atoms with Crippen LogP contribution in [-0.4, -0.2) is 41.2 Å². The molecule has 182 valence electrons. The second-order valence-electron chi connectivity index (χ2n) is 8.73. The topological polar surface area (TPSA) is 47.4 Å². The van der Waals surface area contributed by atoms with Crippen LogP contribution in [0.5, 0.6) is 5.75 Å². The molecule has 1 aliphatic rings. The Labute approximate surface area is 211 Å². The molecular weight excluding hydrogens is 458 g/mol. The van der Waals surface area contributed by atoms with Crippen LogP contribution in [0.15, 0.2) is 71.5 Å². The first kappa shape index (κ1) is 25.0. The third kappa shape index (κ3) is 5.75. The number of piperidine rings is 1. The molecule has 5 nitrogen and oxygen atoms in total. The van der Waals surface area contributed by atoms with Crippen LogP contribution in [0.2, 0.25) is 5.02 Å². The fourth-order valence-electron chi connectivity index (χ4n) is 4.44. The maximum absolute atomic E-state index is 13.0. The lowest BCUT2D eigenvalue weighted by atomic mass is 10.0. The Balaban J connectivity index is 0.000000308. The standard InChI is InChI=1S/C22H17ClN2O2.C7H15N/c1-25-21(17-5-3-4-6-20(17)27-2)24-19-12-9-15(13-18(19)22(25)26)14-7-10-16(23)11-8-14;1-2-8-6-4-3-5-7-8/h3-13H,1-2H3;2-7H2,1H3. The number of halogens is 1. The van der Waals surface area contributed by atoms with Gasteiger partial charge in [-0.2, -0.15) is 0 Å². The van der Waals surface area contributed by atoms with Crippen LogP contribution < -0.4 is 10.3 Å². The molecule has 0 N–H and O–H groups in total. The maximum atomic E-state index is 13.0. The molecule has 3 aromatic carbocycles. The smallest absolute Gasteiger partial charge is 0.261 e. The van der Waals surface area contributed by atoms with Crippen LogP contribution in [0.3, 0.4) is 0 Å². The highest BCUT2D eigenvalue weighted by Gasteiger charge is 2.14. The third-order valence-electron chi connectivity index (χ3n) is 6.50. The minimum atomic E-state index is -0.100. The summed E-state index contributed by atoms with van der Waals surface area (Å²) in [5.74, 6) is 1.25. The SMILES string of the molecule is CCN1CCCCC1.COc1ccccc1-c1nc2ccc(-c3ccc(Cl)cc3)cc2c(=O)n1C. The lowest BCUT2D eigenvalue weighted by molar-refractivity contribution is 0.240. The van der Waals surface area contributed by atoms with E-state index in [4.69, 9.17) is 21.3 Å². The van der Waals surface area contributed by atoms with Gasteiger partial charge in [0.05, 0.1) is 23.6 Å². The molecule has 4 aromatic rings. The molecule has 0 amide bonds. The van der Waals surface area contributed by atoms with E-state index in [0.29, 0.717) is 27.5 Å². The molecule has 2 heterocycles. The van der Waals surface area contributed by atoms with Crippen molar-refractivity contribution in [2.75, 3.05) is 26.7 Å². The molecule has 0 bridgehead atoms. The minimum Gasteiger partial charge on any atom is -0.496 e. The van der Waals surface area contributed by atoms with Gasteiger partial charge in [-0.1, -0.05) is 55.3 Å². The normalized spacial score (nSPS) is 13.8. The highest BCUT2D eigenvalue weighted by molar-refractivity contribution is 6.30. The molecule has 35 heavy (non-hydrogen) atoms. The molecule has 1 saturated heterocycles. The molecule has 5 rings (SSSR count). The van der Waals surface area contributed by atoms with Gasteiger partial charge in [0.25, 0.3) is 5.56 Å². The van der Waals surface area contributed by atoms with E-state index in [1.807, 2.05) is 66.7 Å². The first-order valence-electron chi connectivity index (χ1n) is 12.1. The number of likely N-dealkylation sites (tertiary alicyclic amines) is 1. The van der Waals surface area contributed by atoms with Crippen LogP contribution in [0.25, 0.3) is 33.4 Å². The van der Waals surface area contributed by atoms with Crippen molar-refractivity contribution in [1.82, 2.24) is 14.5 Å². The molecule has 1 aliphatic heterocycles. The van der Waals surface area contributed by atoms with Crippen molar-refractivity contribution in [3.63, 3.8) is 0 Å². The summed E-state index contributed by atoms with van der Waals surface area (Å²) in [4.78, 5) is 20.3. The van der Waals surface area contributed by atoms with Crippen molar-refractivity contribution in [2.24, 2.45) is 7.05 Å². The van der Waals surface area contributed by atoms with Gasteiger partial charge in [0.1, 0.15) is 11.6 Å². The largest absolute Gasteiger partial charge is 0.496 e. The molecule has 1 fully saturated rings. The number of nitrogens with zero attached hydrogens (tertiary/aromatic N) is 3. The quantitative estimate of drug-likeness (QED) is 0.332. The van der Waals surface area contributed by atoms with Crippen molar-refractivity contribution in [2.45, 2.75) is 26.2 Å². The summed E-state index contributed by atoms with van der Waals surface area (Å²) < 4.78 is 6.99. The Bertz CT molecular complexity index is 1340. The zero-order valence-corrected chi connectivity index (χ0v) is 21.4.